The van der Waals surface area contributed by atoms with Crippen LogP contribution in [0, 0.1) is 0 Å². The molecule has 5 nitrogen and oxygen atoms in total. The van der Waals surface area contributed by atoms with Gasteiger partial charge in [-0.2, -0.15) is 13.2 Å². The number of benzene rings is 1. The van der Waals surface area contributed by atoms with Gasteiger partial charge in [0.2, 0.25) is 0 Å². The molecular formula is C11H9F3N2O3. The van der Waals surface area contributed by atoms with Crippen LogP contribution in [0.1, 0.15) is 15.9 Å². The zero-order valence-corrected chi connectivity index (χ0v) is 9.99. The Labute approximate surface area is 106 Å². The normalized spacial score (nSPS) is 16.1. The zero-order chi connectivity index (χ0) is 14.3. The van der Waals surface area contributed by atoms with Gasteiger partial charge in [-0.05, 0) is 18.2 Å². The molecule has 0 N–H and O–H groups in total. The van der Waals surface area contributed by atoms with Gasteiger partial charge in [-0.25, -0.2) is 4.79 Å². The molecule has 0 saturated carbocycles. The maximum Gasteiger partial charge on any atom is 0.442 e. The van der Waals surface area contributed by atoms with Gasteiger partial charge in [0.05, 0.1) is 25.3 Å². The van der Waals surface area contributed by atoms with Crippen molar-refractivity contribution in [3.05, 3.63) is 29.3 Å². The number of halogens is 3. The third kappa shape index (κ3) is 2.02. The highest BCUT2D eigenvalue weighted by Crippen LogP contribution is 2.54. The van der Waals surface area contributed by atoms with Gasteiger partial charge in [0.1, 0.15) is 5.75 Å². The molecule has 1 heterocycles. The number of rotatable bonds is 3. The van der Waals surface area contributed by atoms with E-state index in [1.54, 1.807) is 0 Å². The molecule has 0 radical (unpaired) electrons. The Hall–Kier alpha value is -2.12. The summed E-state index contributed by atoms with van der Waals surface area (Å²) in [4.78, 5) is 11.3. The lowest BCUT2D eigenvalue weighted by Gasteiger charge is -2.17. The molecular weight excluding hydrogens is 265 g/mol. The summed E-state index contributed by atoms with van der Waals surface area (Å²) in [6, 6.07) is 3.48. The van der Waals surface area contributed by atoms with Crippen LogP contribution in [0.5, 0.6) is 5.75 Å². The second-order valence-electron chi connectivity index (χ2n) is 3.78. The molecule has 1 aromatic carbocycles. The number of carbonyl (C=O) groups is 1. The largest absolute Gasteiger partial charge is 0.496 e. The van der Waals surface area contributed by atoms with Crippen molar-refractivity contribution >= 4 is 5.97 Å². The first-order chi connectivity index (χ1) is 8.85. The van der Waals surface area contributed by atoms with Crippen LogP contribution < -0.4 is 4.74 Å². The molecule has 0 atom stereocenters. The van der Waals surface area contributed by atoms with Crippen LogP contribution >= 0.6 is 0 Å². The number of carbonyl (C=O) groups excluding carboxylic acids is 1. The topological polar surface area (TPSA) is 60.2 Å². The average molecular weight is 274 g/mol. The van der Waals surface area contributed by atoms with Crippen LogP contribution in [0.3, 0.4) is 0 Å². The Bertz CT molecular complexity index is 549. The molecule has 0 saturated heterocycles. The maximum atomic E-state index is 12.9. The van der Waals surface area contributed by atoms with E-state index in [1.165, 1.54) is 20.3 Å². The van der Waals surface area contributed by atoms with Gasteiger partial charge in [-0.1, -0.05) is 0 Å². The Morgan fingerprint density at radius 1 is 1.26 bits per heavy atom. The van der Waals surface area contributed by atoms with E-state index >= 15 is 0 Å². The Morgan fingerprint density at radius 2 is 1.89 bits per heavy atom. The molecule has 0 aromatic heterocycles. The quantitative estimate of drug-likeness (QED) is 0.796. The predicted molar refractivity (Wildman–Crippen MR) is 56.9 cm³/mol. The molecule has 0 aliphatic carbocycles. The van der Waals surface area contributed by atoms with Crippen molar-refractivity contribution < 1.29 is 27.4 Å². The van der Waals surface area contributed by atoms with E-state index in [-0.39, 0.29) is 16.9 Å². The smallest absolute Gasteiger partial charge is 0.442 e. The number of methoxy groups -OCH3 is 2. The van der Waals surface area contributed by atoms with E-state index in [4.69, 9.17) is 4.74 Å². The number of nitrogens with zero attached hydrogens (tertiary/aromatic N) is 2. The minimum atomic E-state index is -4.65. The van der Waals surface area contributed by atoms with Crippen LogP contribution in [0.2, 0.25) is 0 Å². The van der Waals surface area contributed by atoms with Crippen LogP contribution in [0.4, 0.5) is 13.2 Å². The summed E-state index contributed by atoms with van der Waals surface area (Å²) in [5, 5.41) is 6.16. The van der Waals surface area contributed by atoms with Crippen LogP contribution in [-0.2, 0) is 10.4 Å². The van der Waals surface area contributed by atoms with Crippen molar-refractivity contribution in [3.63, 3.8) is 0 Å². The molecule has 102 valence electrons. The SMILES string of the molecule is COC(=O)c1ccc(C2(C(F)(F)F)N=N2)c(OC)c1. The summed E-state index contributed by atoms with van der Waals surface area (Å²) < 4.78 is 48.0. The predicted octanol–water partition coefficient (Wildman–Crippen LogP) is 2.66. The summed E-state index contributed by atoms with van der Waals surface area (Å²) >= 11 is 0. The number of hydrogen-bond acceptors (Lipinski definition) is 5. The highest BCUT2D eigenvalue weighted by atomic mass is 19.4. The Kier molecular flexibility index (Phi) is 2.95. The van der Waals surface area contributed by atoms with Crippen molar-refractivity contribution in [2.45, 2.75) is 11.8 Å². The molecule has 0 spiro atoms. The summed E-state index contributed by atoms with van der Waals surface area (Å²) in [6.45, 7) is 0. The monoisotopic (exact) mass is 274 g/mol. The third-order valence-corrected chi connectivity index (χ3v) is 2.69. The van der Waals surface area contributed by atoms with Crippen molar-refractivity contribution in [2.24, 2.45) is 10.2 Å². The van der Waals surface area contributed by atoms with E-state index in [9.17, 15) is 18.0 Å². The van der Waals surface area contributed by atoms with Gasteiger partial charge in [0, 0.05) is 0 Å². The minimum Gasteiger partial charge on any atom is -0.496 e. The minimum absolute atomic E-state index is 0.0843. The first-order valence-corrected chi connectivity index (χ1v) is 5.13. The Morgan fingerprint density at radius 3 is 2.32 bits per heavy atom. The number of esters is 1. The average Bonchev–Trinajstić information content (AvgIpc) is 3.17. The summed E-state index contributed by atoms with van der Waals surface area (Å²) in [6.07, 6.45) is -4.65. The van der Waals surface area contributed by atoms with E-state index < -0.39 is 17.8 Å². The van der Waals surface area contributed by atoms with Crippen LogP contribution in [0.25, 0.3) is 0 Å². The van der Waals surface area contributed by atoms with Gasteiger partial charge >= 0.3 is 17.8 Å². The lowest BCUT2D eigenvalue weighted by atomic mass is 10.00. The van der Waals surface area contributed by atoms with Crippen LogP contribution in [0.15, 0.2) is 28.4 Å². The maximum absolute atomic E-state index is 12.9. The van der Waals surface area contributed by atoms with Gasteiger partial charge in [-0.3, -0.25) is 0 Å². The molecule has 19 heavy (non-hydrogen) atoms. The molecule has 1 aromatic rings. The molecule has 0 amide bonds. The van der Waals surface area contributed by atoms with Crippen molar-refractivity contribution in [2.75, 3.05) is 14.2 Å². The van der Waals surface area contributed by atoms with E-state index in [1.807, 2.05) is 0 Å². The van der Waals surface area contributed by atoms with Crippen LogP contribution in [-0.4, -0.2) is 26.4 Å². The molecule has 0 unspecified atom stereocenters. The molecule has 0 fully saturated rings. The van der Waals surface area contributed by atoms with Crippen molar-refractivity contribution in [1.82, 2.24) is 0 Å². The fourth-order valence-corrected chi connectivity index (χ4v) is 1.65. The molecule has 8 heteroatoms. The van der Waals surface area contributed by atoms with Crippen molar-refractivity contribution in [1.29, 1.82) is 0 Å². The second-order valence-corrected chi connectivity index (χ2v) is 3.78. The Balaban J connectivity index is 2.46. The summed E-state index contributed by atoms with van der Waals surface area (Å²) in [5.74, 6) is -0.791. The number of ether oxygens (including phenoxy) is 2. The van der Waals surface area contributed by atoms with Gasteiger partial charge < -0.3 is 9.47 Å². The second kappa shape index (κ2) is 4.22. The molecule has 0 bridgehead atoms. The first kappa shape index (κ1) is 13.3. The lowest BCUT2D eigenvalue weighted by Crippen LogP contribution is -2.30. The van der Waals surface area contributed by atoms with Gasteiger partial charge in [0.15, 0.2) is 0 Å². The summed E-state index contributed by atoms with van der Waals surface area (Å²) in [7, 11) is 2.37. The van der Waals surface area contributed by atoms with Gasteiger partial charge in [-0.15, -0.1) is 10.2 Å². The highest BCUT2D eigenvalue weighted by Gasteiger charge is 2.66. The molecule has 1 aliphatic rings. The highest BCUT2D eigenvalue weighted by molar-refractivity contribution is 5.90. The van der Waals surface area contributed by atoms with E-state index in [2.05, 4.69) is 15.0 Å². The zero-order valence-electron chi connectivity index (χ0n) is 9.99. The first-order valence-electron chi connectivity index (χ1n) is 5.13. The fourth-order valence-electron chi connectivity index (χ4n) is 1.65. The third-order valence-electron chi connectivity index (χ3n) is 2.69. The molecule has 2 rings (SSSR count). The fraction of sp³-hybridized carbons (Fsp3) is 0.364. The molecule has 1 aliphatic heterocycles. The summed E-state index contributed by atoms with van der Waals surface area (Å²) in [5.41, 5.74) is -2.75. The van der Waals surface area contributed by atoms with Crippen molar-refractivity contribution in [3.8, 4) is 5.75 Å². The standard InChI is InChI=1S/C11H9F3N2O3/c1-18-8-5-6(9(17)19-2)3-4-7(8)10(15-16-10)11(12,13)14/h3-5H,1-2H3. The van der Waals surface area contributed by atoms with E-state index in [0.717, 1.165) is 12.1 Å². The number of alkyl halides is 3. The number of hydrogen-bond donors (Lipinski definition) is 0. The van der Waals surface area contributed by atoms with E-state index in [0.29, 0.717) is 0 Å². The lowest BCUT2D eigenvalue weighted by molar-refractivity contribution is -0.166. The van der Waals surface area contributed by atoms with Gasteiger partial charge in [0.25, 0.3) is 0 Å².